The number of aliphatic imine (C=N–C) groups is 1. The second-order valence-corrected chi connectivity index (χ2v) is 8.84. The molecule has 0 saturated heterocycles. The Morgan fingerprint density at radius 2 is 2.22 bits per heavy atom. The molecule has 1 aliphatic heterocycles. The van der Waals surface area contributed by atoms with E-state index in [-0.39, 0.29) is 6.10 Å². The number of benzene rings is 1. The van der Waals surface area contributed by atoms with E-state index in [1.165, 1.54) is 22.4 Å². The smallest absolute Gasteiger partial charge is 0.125 e. The first-order chi connectivity index (χ1) is 15.6. The van der Waals surface area contributed by atoms with Crippen LogP contribution in [-0.4, -0.2) is 33.1 Å². The maximum absolute atomic E-state index is 6.67. The monoisotopic (exact) mass is 429 g/mol. The van der Waals surface area contributed by atoms with Crippen LogP contribution in [0.3, 0.4) is 0 Å². The van der Waals surface area contributed by atoms with Gasteiger partial charge in [0.15, 0.2) is 0 Å². The van der Waals surface area contributed by atoms with Crippen molar-refractivity contribution in [1.29, 1.82) is 0 Å². The summed E-state index contributed by atoms with van der Waals surface area (Å²) in [5, 5.41) is 10.7. The molecule has 2 aliphatic rings. The zero-order valence-corrected chi connectivity index (χ0v) is 18.9. The minimum absolute atomic E-state index is 0.219. The number of rotatable bonds is 6. The Labute approximate surface area is 189 Å². The fraction of sp³-hybridized carbons (Fsp3) is 0.385. The van der Waals surface area contributed by atoms with E-state index in [2.05, 4.69) is 63.0 Å². The first kappa shape index (κ1) is 20.8. The molecule has 2 N–H and O–H groups in total. The van der Waals surface area contributed by atoms with Gasteiger partial charge in [0.25, 0.3) is 0 Å². The summed E-state index contributed by atoms with van der Waals surface area (Å²) in [4.78, 5) is 4.37. The van der Waals surface area contributed by atoms with Crippen LogP contribution >= 0.6 is 0 Å². The van der Waals surface area contributed by atoms with E-state index in [1.54, 1.807) is 12.4 Å². The number of aromatic nitrogens is 3. The maximum Gasteiger partial charge on any atom is 0.125 e. The molecule has 32 heavy (non-hydrogen) atoms. The largest absolute Gasteiger partial charge is 0.490 e. The standard InChI is InChI=1S/C26H31N5O/c1-4-28-17(2)23-9-12-31(18(23)3)21-5-6-22(15-21)32-26-14-20(25-8-11-29-30-25)13-19-7-10-27-16-24(19)26/h4,8-9,11-14,21-22,27H,1,5-7,10,15-16H2,2-3H3,(H,29,30)/t21-,22+/m0/s1. The Balaban J connectivity index is 1.37. The van der Waals surface area contributed by atoms with E-state index >= 15 is 0 Å². The molecule has 1 aromatic carbocycles. The summed E-state index contributed by atoms with van der Waals surface area (Å²) < 4.78 is 9.07. The third kappa shape index (κ3) is 3.91. The molecular weight excluding hydrogens is 398 g/mol. The molecule has 1 fully saturated rings. The minimum atomic E-state index is 0.219. The van der Waals surface area contributed by atoms with Gasteiger partial charge in [-0.3, -0.25) is 10.1 Å². The number of ether oxygens (including phenoxy) is 1. The number of nitrogens with one attached hydrogen (secondary N) is 2. The van der Waals surface area contributed by atoms with Gasteiger partial charge >= 0.3 is 0 Å². The van der Waals surface area contributed by atoms with Crippen molar-refractivity contribution < 1.29 is 4.74 Å². The van der Waals surface area contributed by atoms with Gasteiger partial charge in [-0.1, -0.05) is 6.58 Å². The zero-order valence-electron chi connectivity index (χ0n) is 18.9. The Hall–Kier alpha value is -3.12. The molecule has 0 radical (unpaired) electrons. The molecule has 1 aliphatic carbocycles. The lowest BCUT2D eigenvalue weighted by atomic mass is 9.96. The number of fused-ring (bicyclic) bond motifs is 1. The van der Waals surface area contributed by atoms with Crippen LogP contribution in [0.15, 0.2) is 54.4 Å². The van der Waals surface area contributed by atoms with Gasteiger partial charge in [-0.25, -0.2) is 0 Å². The SMILES string of the molecule is C=CN=C(C)c1ccn([C@H]2CC[C@@H](Oc3cc(-c4ccn[nH]4)cc4c3CNCC4)C2)c1C. The Bertz CT molecular complexity index is 1140. The van der Waals surface area contributed by atoms with Crippen LogP contribution in [0.4, 0.5) is 0 Å². The van der Waals surface area contributed by atoms with Crippen LogP contribution in [0.1, 0.15) is 54.6 Å². The maximum atomic E-state index is 6.67. The molecule has 0 bridgehead atoms. The van der Waals surface area contributed by atoms with Gasteiger partial charge < -0.3 is 14.6 Å². The molecule has 2 atom stereocenters. The molecule has 2 aromatic heterocycles. The molecule has 0 spiro atoms. The highest BCUT2D eigenvalue weighted by Gasteiger charge is 2.30. The van der Waals surface area contributed by atoms with E-state index < -0.39 is 0 Å². The quantitative estimate of drug-likeness (QED) is 0.545. The van der Waals surface area contributed by atoms with Gasteiger partial charge in [0.05, 0.1) is 5.69 Å². The molecule has 0 amide bonds. The number of H-pyrrole nitrogens is 1. The van der Waals surface area contributed by atoms with Crippen molar-refractivity contribution in [2.75, 3.05) is 6.54 Å². The lowest BCUT2D eigenvalue weighted by Gasteiger charge is -2.24. The average molecular weight is 430 g/mol. The molecule has 1 saturated carbocycles. The highest BCUT2D eigenvalue weighted by Crippen LogP contribution is 2.38. The van der Waals surface area contributed by atoms with E-state index in [0.29, 0.717) is 6.04 Å². The number of hydrogen-bond acceptors (Lipinski definition) is 4. The molecular formula is C26H31N5O. The molecule has 3 aromatic rings. The van der Waals surface area contributed by atoms with Crippen molar-refractivity contribution in [3.8, 4) is 17.0 Å². The second kappa shape index (κ2) is 8.79. The van der Waals surface area contributed by atoms with Crippen LogP contribution < -0.4 is 10.1 Å². The fourth-order valence-electron chi connectivity index (χ4n) is 5.21. The van der Waals surface area contributed by atoms with Crippen molar-refractivity contribution in [3.63, 3.8) is 0 Å². The van der Waals surface area contributed by atoms with Crippen LogP contribution in [0.2, 0.25) is 0 Å². The van der Waals surface area contributed by atoms with Crippen LogP contribution in [0, 0.1) is 6.92 Å². The van der Waals surface area contributed by atoms with E-state index in [9.17, 15) is 0 Å². The predicted molar refractivity (Wildman–Crippen MR) is 128 cm³/mol. The molecule has 0 unspecified atom stereocenters. The normalized spacial score (nSPS) is 20.9. The summed E-state index contributed by atoms with van der Waals surface area (Å²) in [6.07, 6.45) is 10.1. The number of aromatic amines is 1. The van der Waals surface area contributed by atoms with Crippen molar-refractivity contribution in [2.45, 2.75) is 58.2 Å². The first-order valence-corrected chi connectivity index (χ1v) is 11.5. The lowest BCUT2D eigenvalue weighted by molar-refractivity contribution is 0.201. The summed E-state index contributed by atoms with van der Waals surface area (Å²) in [5.41, 5.74) is 8.34. The van der Waals surface area contributed by atoms with E-state index in [4.69, 9.17) is 4.74 Å². The van der Waals surface area contributed by atoms with E-state index in [1.807, 2.05) is 13.0 Å². The minimum Gasteiger partial charge on any atom is -0.490 e. The van der Waals surface area contributed by atoms with Gasteiger partial charge in [-0.2, -0.15) is 5.10 Å². The summed E-state index contributed by atoms with van der Waals surface area (Å²) in [5.74, 6) is 1.02. The average Bonchev–Trinajstić information content (AvgIpc) is 3.55. The summed E-state index contributed by atoms with van der Waals surface area (Å²) in [7, 11) is 0. The summed E-state index contributed by atoms with van der Waals surface area (Å²) in [6.45, 7) is 9.82. The van der Waals surface area contributed by atoms with Crippen LogP contribution in [-0.2, 0) is 13.0 Å². The van der Waals surface area contributed by atoms with Gasteiger partial charge in [-0.15, -0.1) is 0 Å². The van der Waals surface area contributed by atoms with Crippen LogP contribution in [0.5, 0.6) is 5.75 Å². The lowest BCUT2D eigenvalue weighted by Crippen LogP contribution is -2.25. The summed E-state index contributed by atoms with van der Waals surface area (Å²) in [6, 6.07) is 9.10. The molecule has 6 heteroatoms. The van der Waals surface area contributed by atoms with Gasteiger partial charge in [0, 0.05) is 65.7 Å². The van der Waals surface area contributed by atoms with Crippen molar-refractivity contribution >= 4 is 5.71 Å². The van der Waals surface area contributed by atoms with Crippen LogP contribution in [0.25, 0.3) is 11.3 Å². The molecule has 6 nitrogen and oxygen atoms in total. The Morgan fingerprint density at radius 1 is 1.31 bits per heavy atom. The predicted octanol–water partition coefficient (Wildman–Crippen LogP) is 4.96. The van der Waals surface area contributed by atoms with Crippen molar-refractivity contribution in [3.05, 3.63) is 71.8 Å². The highest BCUT2D eigenvalue weighted by atomic mass is 16.5. The Kier molecular flexibility index (Phi) is 5.70. The highest BCUT2D eigenvalue weighted by molar-refractivity contribution is 6.00. The second-order valence-electron chi connectivity index (χ2n) is 8.84. The van der Waals surface area contributed by atoms with Crippen molar-refractivity contribution in [1.82, 2.24) is 20.1 Å². The van der Waals surface area contributed by atoms with E-state index in [0.717, 1.165) is 61.5 Å². The fourth-order valence-corrected chi connectivity index (χ4v) is 5.21. The third-order valence-corrected chi connectivity index (χ3v) is 6.88. The Morgan fingerprint density at radius 3 is 3.03 bits per heavy atom. The summed E-state index contributed by atoms with van der Waals surface area (Å²) >= 11 is 0. The first-order valence-electron chi connectivity index (χ1n) is 11.5. The molecule has 5 rings (SSSR count). The number of hydrogen-bond donors (Lipinski definition) is 2. The van der Waals surface area contributed by atoms with Gasteiger partial charge in [0.1, 0.15) is 11.9 Å². The topological polar surface area (TPSA) is 67.2 Å². The van der Waals surface area contributed by atoms with Crippen molar-refractivity contribution in [2.24, 2.45) is 4.99 Å². The number of nitrogens with zero attached hydrogens (tertiary/aromatic N) is 3. The third-order valence-electron chi connectivity index (χ3n) is 6.88. The zero-order chi connectivity index (χ0) is 22.1. The van der Waals surface area contributed by atoms with Gasteiger partial charge in [-0.05, 0) is 69.5 Å². The molecule has 3 heterocycles. The molecule has 166 valence electrons. The van der Waals surface area contributed by atoms with Gasteiger partial charge in [0.2, 0.25) is 0 Å².